The molecule has 4 heteroatoms. The molecule has 0 fully saturated rings. The molecule has 0 spiro atoms. The van der Waals surface area contributed by atoms with Crippen LogP contribution in [-0.2, 0) is 13.1 Å². The molecule has 0 saturated carbocycles. The van der Waals surface area contributed by atoms with Crippen molar-refractivity contribution in [1.29, 1.82) is 0 Å². The van der Waals surface area contributed by atoms with E-state index in [0.29, 0.717) is 0 Å². The average molecular weight is 312 g/mol. The third-order valence-electron chi connectivity index (χ3n) is 2.35. The molecule has 2 nitrogen and oxygen atoms in total. The molecule has 2 aromatic rings. The number of pyridine rings is 1. The highest BCUT2D eigenvalue weighted by molar-refractivity contribution is 9.10. The Hall–Kier alpha value is -0.900. The van der Waals surface area contributed by atoms with Gasteiger partial charge in [0.05, 0.1) is 5.69 Å². The fourth-order valence-corrected chi connectivity index (χ4v) is 2.10. The summed E-state index contributed by atoms with van der Waals surface area (Å²) in [5, 5.41) is 4.11. The van der Waals surface area contributed by atoms with Crippen molar-refractivity contribution in [2.45, 2.75) is 13.1 Å². The maximum absolute atomic E-state index is 6.07. The van der Waals surface area contributed by atoms with Gasteiger partial charge in [0.1, 0.15) is 4.60 Å². The van der Waals surface area contributed by atoms with Gasteiger partial charge in [0.15, 0.2) is 0 Å². The summed E-state index contributed by atoms with van der Waals surface area (Å²) < 4.78 is 0.856. The zero-order chi connectivity index (χ0) is 12.1. The van der Waals surface area contributed by atoms with Crippen LogP contribution in [0, 0.1) is 0 Å². The van der Waals surface area contributed by atoms with Crippen LogP contribution in [0.5, 0.6) is 0 Å². The molecule has 1 aromatic carbocycles. The van der Waals surface area contributed by atoms with Crippen molar-refractivity contribution < 1.29 is 0 Å². The van der Waals surface area contributed by atoms with Crippen LogP contribution in [0.15, 0.2) is 47.1 Å². The number of nitrogens with zero attached hydrogens (tertiary/aromatic N) is 1. The van der Waals surface area contributed by atoms with E-state index in [-0.39, 0.29) is 0 Å². The van der Waals surface area contributed by atoms with Gasteiger partial charge in [-0.1, -0.05) is 35.9 Å². The number of halogens is 2. The fourth-order valence-electron chi connectivity index (χ4n) is 1.52. The van der Waals surface area contributed by atoms with E-state index in [1.807, 2.05) is 42.5 Å². The van der Waals surface area contributed by atoms with E-state index >= 15 is 0 Å². The monoisotopic (exact) mass is 310 g/mol. The molecule has 0 aliphatic rings. The molecule has 0 radical (unpaired) electrons. The van der Waals surface area contributed by atoms with E-state index < -0.39 is 0 Å². The van der Waals surface area contributed by atoms with Crippen LogP contribution < -0.4 is 5.32 Å². The lowest BCUT2D eigenvalue weighted by Gasteiger charge is -2.06. The van der Waals surface area contributed by atoms with Gasteiger partial charge < -0.3 is 5.32 Å². The van der Waals surface area contributed by atoms with Crippen LogP contribution in [0.25, 0.3) is 0 Å². The maximum atomic E-state index is 6.07. The standard InChI is InChI=1S/C13H12BrClN2/c14-13-7-3-5-11(17-13)9-16-8-10-4-1-2-6-12(10)15/h1-7,16H,8-9H2. The third kappa shape index (κ3) is 3.80. The van der Waals surface area contributed by atoms with E-state index in [2.05, 4.69) is 26.2 Å². The van der Waals surface area contributed by atoms with Crippen LogP contribution in [0.3, 0.4) is 0 Å². The zero-order valence-corrected chi connectivity index (χ0v) is 11.5. The topological polar surface area (TPSA) is 24.9 Å². The van der Waals surface area contributed by atoms with E-state index in [9.17, 15) is 0 Å². The first-order chi connectivity index (χ1) is 8.25. The van der Waals surface area contributed by atoms with Gasteiger partial charge in [0, 0.05) is 18.1 Å². The summed E-state index contributed by atoms with van der Waals surface area (Å²) in [5.74, 6) is 0. The summed E-state index contributed by atoms with van der Waals surface area (Å²) in [5.41, 5.74) is 2.11. The normalized spacial score (nSPS) is 10.5. The first kappa shape index (κ1) is 12.6. The highest BCUT2D eigenvalue weighted by atomic mass is 79.9. The highest BCUT2D eigenvalue weighted by Gasteiger charge is 1.99. The average Bonchev–Trinajstić information content (AvgIpc) is 2.32. The van der Waals surface area contributed by atoms with Crippen molar-refractivity contribution in [3.8, 4) is 0 Å². The lowest BCUT2D eigenvalue weighted by atomic mass is 10.2. The maximum Gasteiger partial charge on any atom is 0.106 e. The molecule has 1 N–H and O–H groups in total. The van der Waals surface area contributed by atoms with Gasteiger partial charge in [0.25, 0.3) is 0 Å². The summed E-state index contributed by atoms with van der Waals surface area (Å²) >= 11 is 9.42. The lowest BCUT2D eigenvalue weighted by molar-refractivity contribution is 0.679. The SMILES string of the molecule is Clc1ccccc1CNCc1cccc(Br)n1. The molecule has 1 aromatic heterocycles. The molecule has 88 valence electrons. The molecule has 17 heavy (non-hydrogen) atoms. The summed E-state index contributed by atoms with van der Waals surface area (Å²) in [4.78, 5) is 4.35. The summed E-state index contributed by atoms with van der Waals surface area (Å²) in [6.07, 6.45) is 0. The Bertz CT molecular complexity index is 502. The minimum absolute atomic E-state index is 0.727. The Morgan fingerprint density at radius 3 is 2.65 bits per heavy atom. The molecule has 0 atom stereocenters. The van der Waals surface area contributed by atoms with Gasteiger partial charge in [0.2, 0.25) is 0 Å². The van der Waals surface area contributed by atoms with Crippen LogP contribution in [0.2, 0.25) is 5.02 Å². The van der Waals surface area contributed by atoms with Gasteiger partial charge in [-0.2, -0.15) is 0 Å². The van der Waals surface area contributed by atoms with Crippen LogP contribution in [0.1, 0.15) is 11.3 Å². The van der Waals surface area contributed by atoms with Crippen molar-refractivity contribution in [3.05, 3.63) is 63.3 Å². The number of hydrogen-bond donors (Lipinski definition) is 1. The molecule has 2 rings (SSSR count). The Balaban J connectivity index is 1.90. The molecule has 0 amide bonds. The van der Waals surface area contributed by atoms with E-state index in [1.165, 1.54) is 0 Å². The van der Waals surface area contributed by atoms with Crippen LogP contribution >= 0.6 is 27.5 Å². The quantitative estimate of drug-likeness (QED) is 0.869. The van der Waals surface area contributed by atoms with Gasteiger partial charge in [-0.05, 0) is 39.7 Å². The van der Waals surface area contributed by atoms with Crippen molar-refractivity contribution in [3.63, 3.8) is 0 Å². The predicted octanol–water partition coefficient (Wildman–Crippen LogP) is 3.79. The van der Waals surface area contributed by atoms with E-state index in [0.717, 1.165) is 34.0 Å². The molecule has 0 aliphatic carbocycles. The molecule has 0 unspecified atom stereocenters. The molecule has 1 heterocycles. The minimum Gasteiger partial charge on any atom is -0.307 e. The number of rotatable bonds is 4. The molecule has 0 bridgehead atoms. The molecular formula is C13H12BrClN2. The first-order valence-electron chi connectivity index (χ1n) is 5.31. The number of benzene rings is 1. The summed E-state index contributed by atoms with van der Waals surface area (Å²) in [7, 11) is 0. The Morgan fingerprint density at radius 2 is 1.88 bits per heavy atom. The Morgan fingerprint density at radius 1 is 1.06 bits per heavy atom. The molecule has 0 saturated heterocycles. The fraction of sp³-hybridized carbons (Fsp3) is 0.154. The van der Waals surface area contributed by atoms with Crippen molar-refractivity contribution in [2.24, 2.45) is 0 Å². The number of hydrogen-bond acceptors (Lipinski definition) is 2. The van der Waals surface area contributed by atoms with Crippen molar-refractivity contribution in [2.75, 3.05) is 0 Å². The van der Waals surface area contributed by atoms with Crippen molar-refractivity contribution >= 4 is 27.5 Å². The number of nitrogens with one attached hydrogen (secondary N) is 1. The van der Waals surface area contributed by atoms with Gasteiger partial charge in [-0.15, -0.1) is 0 Å². The minimum atomic E-state index is 0.727. The Labute approximate surface area is 114 Å². The van der Waals surface area contributed by atoms with E-state index in [1.54, 1.807) is 0 Å². The molecule has 0 aliphatic heterocycles. The van der Waals surface area contributed by atoms with Crippen LogP contribution in [-0.4, -0.2) is 4.98 Å². The second-order valence-corrected chi connectivity index (χ2v) is 4.87. The summed E-state index contributed by atoms with van der Waals surface area (Å²) in [6.45, 7) is 1.47. The van der Waals surface area contributed by atoms with E-state index in [4.69, 9.17) is 11.6 Å². The smallest absolute Gasteiger partial charge is 0.106 e. The zero-order valence-electron chi connectivity index (χ0n) is 9.16. The second kappa shape index (κ2) is 6.15. The molecular weight excluding hydrogens is 300 g/mol. The second-order valence-electron chi connectivity index (χ2n) is 3.65. The third-order valence-corrected chi connectivity index (χ3v) is 3.16. The van der Waals surface area contributed by atoms with Gasteiger partial charge in [-0.25, -0.2) is 4.98 Å². The highest BCUT2D eigenvalue weighted by Crippen LogP contribution is 2.14. The first-order valence-corrected chi connectivity index (χ1v) is 6.48. The Kier molecular flexibility index (Phi) is 4.54. The number of aromatic nitrogens is 1. The predicted molar refractivity (Wildman–Crippen MR) is 73.9 cm³/mol. The largest absolute Gasteiger partial charge is 0.307 e. The van der Waals surface area contributed by atoms with Crippen LogP contribution in [0.4, 0.5) is 0 Å². The van der Waals surface area contributed by atoms with Gasteiger partial charge >= 0.3 is 0 Å². The summed E-state index contributed by atoms with van der Waals surface area (Å²) in [6, 6.07) is 13.7. The van der Waals surface area contributed by atoms with Gasteiger partial charge in [-0.3, -0.25) is 0 Å². The lowest BCUT2D eigenvalue weighted by Crippen LogP contribution is -2.13. The van der Waals surface area contributed by atoms with Crippen molar-refractivity contribution in [1.82, 2.24) is 10.3 Å².